The van der Waals surface area contributed by atoms with Crippen LogP contribution in [0, 0.1) is 15.9 Å². The van der Waals surface area contributed by atoms with Gasteiger partial charge in [-0.3, -0.25) is 10.1 Å². The molecule has 152 valence electrons. The van der Waals surface area contributed by atoms with Gasteiger partial charge in [0.05, 0.1) is 16.1 Å². The summed E-state index contributed by atoms with van der Waals surface area (Å²) in [5.74, 6) is -1.81. The number of nitro benzene ring substituents is 1. The lowest BCUT2D eigenvalue weighted by Crippen LogP contribution is -2.07. The number of hydrogen-bond donors (Lipinski definition) is 2. The number of aromatic nitrogens is 4. The first-order valence-electron chi connectivity index (χ1n) is 8.37. The minimum atomic E-state index is -3.27. The van der Waals surface area contributed by atoms with Crippen molar-refractivity contribution < 1.29 is 22.8 Å². The smallest absolute Gasteiger partial charge is 0.387 e. The number of hydrogen-bond acceptors (Lipinski definition) is 7. The molecule has 0 atom stereocenters. The van der Waals surface area contributed by atoms with Crippen LogP contribution in [-0.4, -0.2) is 31.5 Å². The summed E-state index contributed by atoms with van der Waals surface area (Å²) >= 11 is 0. The Kier molecular flexibility index (Phi) is 4.88. The highest BCUT2D eigenvalue weighted by Crippen LogP contribution is 2.34. The fourth-order valence-corrected chi connectivity index (χ4v) is 2.85. The summed E-state index contributed by atoms with van der Waals surface area (Å²) in [5, 5.41) is 14.5. The molecule has 0 aliphatic heterocycles. The molecule has 0 saturated heterocycles. The van der Waals surface area contributed by atoms with Gasteiger partial charge in [-0.15, -0.1) is 0 Å². The van der Waals surface area contributed by atoms with Crippen molar-refractivity contribution in [1.82, 2.24) is 19.9 Å². The number of rotatable bonds is 6. The van der Waals surface area contributed by atoms with Crippen LogP contribution in [0.4, 0.5) is 30.5 Å². The molecule has 0 spiro atoms. The molecule has 0 aliphatic carbocycles. The maximum absolute atomic E-state index is 13.8. The fraction of sp³-hybridized carbons (Fsp3) is 0.0556. The highest BCUT2D eigenvalue weighted by atomic mass is 19.3. The van der Waals surface area contributed by atoms with E-state index in [1.54, 1.807) is 18.3 Å². The summed E-state index contributed by atoms with van der Waals surface area (Å²) < 4.78 is 43.5. The summed E-state index contributed by atoms with van der Waals surface area (Å²) in [6.45, 7) is -3.27. The molecule has 0 saturated carbocycles. The van der Waals surface area contributed by atoms with E-state index in [0.717, 1.165) is 17.0 Å². The number of anilines is 2. The van der Waals surface area contributed by atoms with E-state index in [0.29, 0.717) is 11.6 Å². The van der Waals surface area contributed by atoms with Gasteiger partial charge in [0, 0.05) is 29.3 Å². The Hall–Kier alpha value is -4.22. The molecule has 0 aliphatic rings. The van der Waals surface area contributed by atoms with Gasteiger partial charge in [-0.25, -0.2) is 9.97 Å². The molecular weight excluding hydrogens is 405 g/mol. The summed E-state index contributed by atoms with van der Waals surface area (Å²) in [6.07, 6.45) is 2.93. The Morgan fingerprint density at radius 3 is 2.80 bits per heavy atom. The predicted molar refractivity (Wildman–Crippen MR) is 100 cm³/mol. The first-order chi connectivity index (χ1) is 14.4. The van der Waals surface area contributed by atoms with Gasteiger partial charge in [0.1, 0.15) is 6.33 Å². The van der Waals surface area contributed by atoms with Crippen molar-refractivity contribution in [2.45, 2.75) is 6.61 Å². The number of benzene rings is 2. The quantitative estimate of drug-likeness (QED) is 0.353. The van der Waals surface area contributed by atoms with Crippen molar-refractivity contribution in [3.05, 3.63) is 64.9 Å². The third kappa shape index (κ3) is 3.70. The van der Waals surface area contributed by atoms with Gasteiger partial charge >= 0.3 is 12.3 Å². The van der Waals surface area contributed by atoms with Crippen molar-refractivity contribution in [3.63, 3.8) is 0 Å². The maximum atomic E-state index is 13.8. The van der Waals surface area contributed by atoms with Gasteiger partial charge in [-0.2, -0.15) is 18.2 Å². The van der Waals surface area contributed by atoms with Crippen LogP contribution >= 0.6 is 0 Å². The van der Waals surface area contributed by atoms with Crippen LogP contribution in [0.15, 0.2) is 48.9 Å². The number of nitrogens with zero attached hydrogens (tertiary/aromatic N) is 4. The zero-order valence-corrected chi connectivity index (χ0v) is 14.8. The Bertz CT molecular complexity index is 1250. The van der Waals surface area contributed by atoms with Gasteiger partial charge < -0.3 is 15.0 Å². The van der Waals surface area contributed by atoms with Gasteiger partial charge in [0.25, 0.3) is 0 Å². The zero-order chi connectivity index (χ0) is 21.3. The summed E-state index contributed by atoms with van der Waals surface area (Å²) in [7, 11) is 0. The molecule has 0 radical (unpaired) electrons. The van der Waals surface area contributed by atoms with E-state index < -0.39 is 28.8 Å². The molecule has 2 aromatic heterocycles. The van der Waals surface area contributed by atoms with Crippen LogP contribution < -0.4 is 10.1 Å². The van der Waals surface area contributed by atoms with Crippen LogP contribution in [-0.2, 0) is 0 Å². The van der Waals surface area contributed by atoms with E-state index in [2.05, 4.69) is 30.0 Å². The van der Waals surface area contributed by atoms with E-state index in [1.807, 2.05) is 12.1 Å². The summed E-state index contributed by atoms with van der Waals surface area (Å²) in [6, 6.07) is 8.55. The highest BCUT2D eigenvalue weighted by Gasteiger charge is 2.22. The number of H-pyrrole nitrogens is 1. The lowest BCUT2D eigenvalue weighted by Gasteiger charge is -2.12. The molecule has 30 heavy (non-hydrogen) atoms. The molecular formula is C18H11F3N6O3. The van der Waals surface area contributed by atoms with Crippen molar-refractivity contribution >= 4 is 28.2 Å². The second kappa shape index (κ2) is 7.66. The lowest BCUT2D eigenvalue weighted by molar-refractivity contribution is -0.387. The van der Waals surface area contributed by atoms with Crippen LogP contribution in [0.2, 0.25) is 0 Å². The van der Waals surface area contributed by atoms with Crippen molar-refractivity contribution in [2.75, 3.05) is 5.32 Å². The maximum Gasteiger partial charge on any atom is 0.387 e. The van der Waals surface area contributed by atoms with E-state index in [9.17, 15) is 23.3 Å². The summed E-state index contributed by atoms with van der Waals surface area (Å²) in [5.41, 5.74) is 0.189. The number of halogens is 3. The van der Waals surface area contributed by atoms with Crippen LogP contribution in [0.5, 0.6) is 5.75 Å². The van der Waals surface area contributed by atoms with Gasteiger partial charge in [-0.05, 0) is 12.1 Å². The zero-order valence-electron chi connectivity index (χ0n) is 14.8. The average molecular weight is 416 g/mol. The molecule has 0 amide bonds. The molecule has 12 heteroatoms. The monoisotopic (exact) mass is 416 g/mol. The van der Waals surface area contributed by atoms with Gasteiger partial charge in [-0.1, -0.05) is 12.1 Å². The van der Waals surface area contributed by atoms with E-state index in [-0.39, 0.29) is 17.5 Å². The van der Waals surface area contributed by atoms with Crippen molar-refractivity contribution in [1.29, 1.82) is 0 Å². The van der Waals surface area contributed by atoms with Crippen molar-refractivity contribution in [2.24, 2.45) is 0 Å². The third-order valence-electron chi connectivity index (χ3n) is 4.11. The second-order valence-electron chi connectivity index (χ2n) is 5.94. The first kappa shape index (κ1) is 19.1. The molecule has 4 aromatic rings. The van der Waals surface area contributed by atoms with Crippen LogP contribution in [0.3, 0.4) is 0 Å². The van der Waals surface area contributed by atoms with E-state index in [1.165, 1.54) is 6.33 Å². The fourth-order valence-electron chi connectivity index (χ4n) is 2.85. The van der Waals surface area contributed by atoms with Gasteiger partial charge in [0.2, 0.25) is 11.8 Å². The highest BCUT2D eigenvalue weighted by molar-refractivity contribution is 5.92. The molecule has 9 nitrogen and oxygen atoms in total. The van der Waals surface area contributed by atoms with Crippen LogP contribution in [0.25, 0.3) is 22.3 Å². The number of fused-ring (bicyclic) bond motifs is 1. The molecule has 2 aromatic carbocycles. The molecule has 0 fully saturated rings. The van der Waals surface area contributed by atoms with E-state index in [4.69, 9.17) is 0 Å². The van der Waals surface area contributed by atoms with Crippen LogP contribution in [0.1, 0.15) is 0 Å². The Balaban J connectivity index is 1.74. The van der Waals surface area contributed by atoms with E-state index >= 15 is 0 Å². The largest absolute Gasteiger partial charge is 0.432 e. The SMILES string of the molecule is O=[N+]([O-])c1cc(Nc2ncnc(-c3cccc4cc[nH]c34)n2)c(OC(F)F)cc1F. The molecule has 0 bridgehead atoms. The molecule has 2 heterocycles. The minimum absolute atomic E-state index is 0.108. The number of para-hydroxylation sites is 1. The lowest BCUT2D eigenvalue weighted by atomic mass is 10.1. The number of ether oxygens (including phenoxy) is 1. The second-order valence-corrected chi connectivity index (χ2v) is 5.94. The number of aromatic amines is 1. The average Bonchev–Trinajstić information content (AvgIpc) is 3.18. The van der Waals surface area contributed by atoms with Gasteiger partial charge in [0.15, 0.2) is 11.6 Å². The molecule has 0 unspecified atom stereocenters. The summed E-state index contributed by atoms with van der Waals surface area (Å²) in [4.78, 5) is 25.3. The Labute approximate surface area is 165 Å². The molecule has 4 rings (SSSR count). The Morgan fingerprint density at radius 1 is 1.20 bits per heavy atom. The number of alkyl halides is 2. The minimum Gasteiger partial charge on any atom is -0.432 e. The number of nitro groups is 1. The third-order valence-corrected chi connectivity index (χ3v) is 4.11. The topological polar surface area (TPSA) is 119 Å². The first-order valence-corrected chi connectivity index (χ1v) is 8.37. The predicted octanol–water partition coefficient (Wildman–Crippen LogP) is 4.41. The molecule has 2 N–H and O–H groups in total. The normalized spacial score (nSPS) is 11.1. The standard InChI is InChI=1S/C18H11F3N6O3/c19-11-6-14(30-17(20)21)12(7-13(11)27(28)29)25-18-24-8-23-16(26-18)10-3-1-2-9-4-5-22-15(9)10/h1-8,17,22H,(H,23,24,25,26). The Morgan fingerprint density at radius 2 is 2.03 bits per heavy atom. The number of nitrogens with one attached hydrogen (secondary N) is 2. The van der Waals surface area contributed by atoms with Crippen molar-refractivity contribution in [3.8, 4) is 17.1 Å².